The van der Waals surface area contributed by atoms with Crippen molar-refractivity contribution in [2.45, 2.75) is 65.5 Å². The first-order valence-electron chi connectivity index (χ1n) is 8.51. The van der Waals surface area contributed by atoms with Gasteiger partial charge in [0.25, 0.3) is 0 Å². The fraction of sp³-hybridized carbons (Fsp3) is 1.00. The Morgan fingerprint density at radius 3 is 2.60 bits per heavy atom. The Labute approximate surface area is 125 Å². The standard InChI is InChI=1S/C17H34N2O/c1-5-15-12-19(8-9-20-15)16-10-14(17(2,3)4)7-6-13(16)11-18/h13-16H,5-12,18H2,1-4H3. The van der Waals surface area contributed by atoms with Crippen LogP contribution in [-0.4, -0.2) is 43.3 Å². The van der Waals surface area contributed by atoms with Crippen LogP contribution in [0, 0.1) is 17.3 Å². The molecule has 2 rings (SSSR count). The highest BCUT2D eigenvalue weighted by molar-refractivity contribution is 4.92. The van der Waals surface area contributed by atoms with E-state index in [0.717, 1.165) is 38.6 Å². The quantitative estimate of drug-likeness (QED) is 0.865. The molecule has 3 nitrogen and oxygen atoms in total. The number of morpholine rings is 1. The molecule has 1 heterocycles. The fourth-order valence-electron chi connectivity index (χ4n) is 4.01. The zero-order valence-corrected chi connectivity index (χ0v) is 13.9. The zero-order chi connectivity index (χ0) is 14.8. The van der Waals surface area contributed by atoms with E-state index in [4.69, 9.17) is 10.5 Å². The van der Waals surface area contributed by atoms with Crippen molar-refractivity contribution in [3.63, 3.8) is 0 Å². The molecule has 0 aromatic rings. The van der Waals surface area contributed by atoms with Crippen molar-refractivity contribution in [1.29, 1.82) is 0 Å². The third-order valence-electron chi connectivity index (χ3n) is 5.58. The average Bonchev–Trinajstić information content (AvgIpc) is 2.45. The van der Waals surface area contributed by atoms with Crippen molar-refractivity contribution in [2.24, 2.45) is 23.0 Å². The molecule has 20 heavy (non-hydrogen) atoms. The van der Waals surface area contributed by atoms with E-state index in [0.29, 0.717) is 23.5 Å². The summed E-state index contributed by atoms with van der Waals surface area (Å²) in [4.78, 5) is 2.69. The lowest BCUT2D eigenvalue weighted by Gasteiger charge is -2.48. The average molecular weight is 282 g/mol. The van der Waals surface area contributed by atoms with E-state index in [9.17, 15) is 0 Å². The summed E-state index contributed by atoms with van der Waals surface area (Å²) in [6, 6.07) is 0.677. The second-order valence-corrected chi connectivity index (χ2v) is 7.84. The van der Waals surface area contributed by atoms with Gasteiger partial charge in [-0.2, -0.15) is 0 Å². The van der Waals surface area contributed by atoms with Crippen LogP contribution in [0.5, 0.6) is 0 Å². The molecule has 0 amide bonds. The fourth-order valence-corrected chi connectivity index (χ4v) is 4.01. The lowest BCUT2D eigenvalue weighted by Crippen LogP contribution is -2.54. The van der Waals surface area contributed by atoms with Gasteiger partial charge >= 0.3 is 0 Å². The van der Waals surface area contributed by atoms with Gasteiger partial charge in [0.1, 0.15) is 0 Å². The molecule has 0 aromatic heterocycles. The SMILES string of the molecule is CCC1CN(C2CC(C(C)(C)C)CCC2CN)CCO1. The van der Waals surface area contributed by atoms with Crippen LogP contribution < -0.4 is 5.73 Å². The molecule has 2 N–H and O–H groups in total. The molecule has 0 spiro atoms. The van der Waals surface area contributed by atoms with Gasteiger partial charge in [-0.25, -0.2) is 0 Å². The Morgan fingerprint density at radius 1 is 1.25 bits per heavy atom. The van der Waals surface area contributed by atoms with Crippen molar-refractivity contribution >= 4 is 0 Å². The third kappa shape index (κ3) is 3.75. The molecular weight excluding hydrogens is 248 g/mol. The number of rotatable bonds is 3. The van der Waals surface area contributed by atoms with Crippen LogP contribution in [0.2, 0.25) is 0 Å². The summed E-state index contributed by atoms with van der Waals surface area (Å²) in [5, 5.41) is 0. The van der Waals surface area contributed by atoms with Gasteiger partial charge in [-0.15, -0.1) is 0 Å². The maximum Gasteiger partial charge on any atom is 0.0700 e. The monoisotopic (exact) mass is 282 g/mol. The van der Waals surface area contributed by atoms with Gasteiger partial charge < -0.3 is 10.5 Å². The highest BCUT2D eigenvalue weighted by Gasteiger charge is 2.39. The van der Waals surface area contributed by atoms with Gasteiger partial charge in [-0.05, 0) is 49.5 Å². The highest BCUT2D eigenvalue weighted by atomic mass is 16.5. The summed E-state index contributed by atoms with van der Waals surface area (Å²) >= 11 is 0. The van der Waals surface area contributed by atoms with Crippen LogP contribution in [-0.2, 0) is 4.74 Å². The van der Waals surface area contributed by atoms with Gasteiger partial charge in [0.15, 0.2) is 0 Å². The Morgan fingerprint density at radius 2 is 2.00 bits per heavy atom. The topological polar surface area (TPSA) is 38.5 Å². The maximum atomic E-state index is 6.06. The van der Waals surface area contributed by atoms with Gasteiger partial charge in [-0.3, -0.25) is 4.90 Å². The Bertz CT molecular complexity index is 300. The van der Waals surface area contributed by atoms with Crippen molar-refractivity contribution in [1.82, 2.24) is 4.90 Å². The molecule has 1 aliphatic heterocycles. The number of ether oxygens (including phenoxy) is 1. The normalized spacial score (nSPS) is 37.0. The Kier molecular flexibility index (Phi) is 5.49. The molecule has 0 bridgehead atoms. The van der Waals surface area contributed by atoms with E-state index in [2.05, 4.69) is 32.6 Å². The number of hydrogen-bond acceptors (Lipinski definition) is 3. The summed E-state index contributed by atoms with van der Waals surface area (Å²) < 4.78 is 5.84. The minimum absolute atomic E-state index is 0.425. The molecule has 4 atom stereocenters. The van der Waals surface area contributed by atoms with Crippen LogP contribution in [0.25, 0.3) is 0 Å². The first kappa shape index (κ1) is 16.3. The summed E-state index contributed by atoms with van der Waals surface area (Å²) in [5.74, 6) is 1.52. The van der Waals surface area contributed by atoms with Crippen molar-refractivity contribution in [2.75, 3.05) is 26.2 Å². The smallest absolute Gasteiger partial charge is 0.0700 e. The first-order chi connectivity index (χ1) is 9.45. The predicted octanol–water partition coefficient (Wildman–Crippen LogP) is 2.89. The number of hydrogen-bond donors (Lipinski definition) is 1. The van der Waals surface area contributed by atoms with E-state index >= 15 is 0 Å². The van der Waals surface area contributed by atoms with Crippen LogP contribution in [0.15, 0.2) is 0 Å². The molecule has 1 saturated heterocycles. The Balaban J connectivity index is 2.04. The van der Waals surface area contributed by atoms with Crippen molar-refractivity contribution in [3.05, 3.63) is 0 Å². The minimum atomic E-state index is 0.425. The highest BCUT2D eigenvalue weighted by Crippen LogP contribution is 2.41. The van der Waals surface area contributed by atoms with Gasteiger partial charge in [0.2, 0.25) is 0 Å². The zero-order valence-electron chi connectivity index (χ0n) is 13.9. The summed E-state index contributed by atoms with van der Waals surface area (Å²) in [6.07, 6.45) is 5.53. The Hall–Kier alpha value is -0.120. The molecule has 2 fully saturated rings. The lowest BCUT2D eigenvalue weighted by atomic mass is 9.67. The summed E-state index contributed by atoms with van der Waals surface area (Å²) in [7, 11) is 0. The number of nitrogens with two attached hydrogens (primary N) is 1. The van der Waals surface area contributed by atoms with Crippen LogP contribution in [0.3, 0.4) is 0 Å². The molecule has 0 aromatic carbocycles. The summed E-state index contributed by atoms with van der Waals surface area (Å²) in [5.41, 5.74) is 6.49. The van der Waals surface area contributed by atoms with Crippen LogP contribution in [0.4, 0.5) is 0 Å². The maximum absolute atomic E-state index is 6.06. The third-order valence-corrected chi connectivity index (χ3v) is 5.58. The molecule has 4 unspecified atom stereocenters. The second-order valence-electron chi connectivity index (χ2n) is 7.84. The molecular formula is C17H34N2O. The van der Waals surface area contributed by atoms with Crippen molar-refractivity contribution in [3.8, 4) is 0 Å². The predicted molar refractivity (Wildman–Crippen MR) is 84.7 cm³/mol. The molecule has 1 saturated carbocycles. The molecule has 3 heteroatoms. The number of nitrogens with zero attached hydrogens (tertiary/aromatic N) is 1. The van der Waals surface area contributed by atoms with Gasteiger partial charge in [-0.1, -0.05) is 27.7 Å². The molecule has 1 aliphatic carbocycles. The first-order valence-corrected chi connectivity index (χ1v) is 8.51. The lowest BCUT2D eigenvalue weighted by molar-refractivity contribution is -0.0671. The summed E-state index contributed by atoms with van der Waals surface area (Å²) in [6.45, 7) is 13.3. The van der Waals surface area contributed by atoms with E-state index in [1.54, 1.807) is 0 Å². The van der Waals surface area contributed by atoms with Gasteiger partial charge in [0, 0.05) is 19.1 Å². The van der Waals surface area contributed by atoms with E-state index < -0.39 is 0 Å². The van der Waals surface area contributed by atoms with Crippen molar-refractivity contribution < 1.29 is 4.74 Å². The largest absolute Gasteiger partial charge is 0.376 e. The second kappa shape index (κ2) is 6.76. The van der Waals surface area contributed by atoms with Crippen LogP contribution in [0.1, 0.15) is 53.4 Å². The van der Waals surface area contributed by atoms with Crippen LogP contribution >= 0.6 is 0 Å². The van der Waals surface area contributed by atoms with E-state index in [1.165, 1.54) is 19.3 Å². The molecule has 0 radical (unpaired) electrons. The molecule has 118 valence electrons. The molecule has 2 aliphatic rings. The minimum Gasteiger partial charge on any atom is -0.376 e. The van der Waals surface area contributed by atoms with E-state index in [-0.39, 0.29) is 0 Å². The van der Waals surface area contributed by atoms with Gasteiger partial charge in [0.05, 0.1) is 12.7 Å². The van der Waals surface area contributed by atoms with E-state index in [1.807, 2.05) is 0 Å².